The molecule has 3 saturated heterocycles. The molecule has 16 heteroatoms. The first-order valence-electron chi connectivity index (χ1n) is 20.6. The van der Waals surface area contributed by atoms with Crippen LogP contribution < -0.4 is 20.7 Å². The van der Waals surface area contributed by atoms with E-state index in [0.717, 1.165) is 81.2 Å². The number of nitrogen functional groups attached to an aromatic ring is 1. The van der Waals surface area contributed by atoms with E-state index < -0.39 is 15.8 Å². The van der Waals surface area contributed by atoms with Gasteiger partial charge >= 0.3 is 0 Å². The van der Waals surface area contributed by atoms with Crippen molar-refractivity contribution in [3.63, 3.8) is 0 Å². The van der Waals surface area contributed by atoms with Crippen LogP contribution in [-0.2, 0) is 19.6 Å². The number of pyridine rings is 1. The maximum atomic E-state index is 16.1. The van der Waals surface area contributed by atoms with Crippen molar-refractivity contribution < 1.29 is 22.4 Å². The van der Waals surface area contributed by atoms with Gasteiger partial charge in [-0.1, -0.05) is 19.1 Å². The average Bonchev–Trinajstić information content (AvgIpc) is 3.87. The van der Waals surface area contributed by atoms with Crippen molar-refractivity contribution in [1.29, 1.82) is 0 Å². The Morgan fingerprint density at radius 2 is 1.81 bits per heavy atom. The molecule has 0 unspecified atom stereocenters. The van der Waals surface area contributed by atoms with Crippen LogP contribution in [0.15, 0.2) is 48.8 Å². The number of hydrogen-bond donors (Lipinski definition) is 3. The van der Waals surface area contributed by atoms with E-state index in [2.05, 4.69) is 29.8 Å². The van der Waals surface area contributed by atoms with Gasteiger partial charge in [0, 0.05) is 43.4 Å². The number of rotatable bonds is 12. The first-order valence-corrected chi connectivity index (χ1v) is 23.1. The minimum absolute atomic E-state index is 0.0993. The molecular formula is C42H52FN9O4S2. The summed E-state index contributed by atoms with van der Waals surface area (Å²) in [5, 5.41) is 3.38. The Kier molecular flexibility index (Phi) is 11.8. The standard InChI is InChI=1S/C42H52FN9O4S2/c1-2-24-58(55,56)50-32-5-3-4-31(36(32)43)37-38(33-12-19-45-41(44)47-33)57-40(49-37)28-10-15-42(16-11-28)17-22-51(23-18-42)20-13-27-14-21-52(26-27)34-8-6-29(25-46-34)30-7-9-35(53)48-39(30)54/h3-6,8,12,19,25,27-28,30,50H,2,7,9-11,13-18,20-24,26H2,1H3,(H2,44,45,47)(H,48,53,54)/t27-,30-/m0/s1. The second-order valence-corrected chi connectivity index (χ2v) is 19.4. The molecule has 2 atom stereocenters. The number of halogens is 1. The second-order valence-electron chi connectivity index (χ2n) is 16.6. The van der Waals surface area contributed by atoms with Crippen molar-refractivity contribution in [2.45, 2.75) is 89.4 Å². The highest BCUT2D eigenvalue weighted by Gasteiger charge is 2.40. The lowest BCUT2D eigenvalue weighted by atomic mass is 9.65. The Morgan fingerprint density at radius 1 is 1.00 bits per heavy atom. The van der Waals surface area contributed by atoms with Crippen molar-refractivity contribution in [2.75, 3.05) is 53.8 Å². The Labute approximate surface area is 343 Å². The molecule has 1 aliphatic carbocycles. The molecule has 1 spiro atoms. The minimum Gasteiger partial charge on any atom is -0.368 e. The first-order chi connectivity index (χ1) is 28.0. The van der Waals surface area contributed by atoms with Gasteiger partial charge in [0.25, 0.3) is 0 Å². The van der Waals surface area contributed by atoms with Crippen LogP contribution in [0.4, 0.5) is 21.8 Å². The SMILES string of the molecule is CCCS(=O)(=O)Nc1cccc(-c2nc(C3CCC4(CC3)CCN(CC[C@H]3CCN(c5ccc([C@@H]6CCC(=O)NC6=O)cn5)C3)CC4)sc2-c2ccnc(N)n2)c1F. The van der Waals surface area contributed by atoms with Gasteiger partial charge < -0.3 is 15.5 Å². The third-order valence-electron chi connectivity index (χ3n) is 12.7. The van der Waals surface area contributed by atoms with E-state index in [9.17, 15) is 18.0 Å². The summed E-state index contributed by atoms with van der Waals surface area (Å²) in [5.41, 5.74) is 8.28. The van der Waals surface area contributed by atoms with E-state index in [1.165, 1.54) is 36.7 Å². The van der Waals surface area contributed by atoms with Gasteiger partial charge in [-0.2, -0.15) is 0 Å². The molecule has 4 aromatic rings. The Hall–Kier alpha value is -4.54. The number of benzene rings is 1. The lowest BCUT2D eigenvalue weighted by Crippen LogP contribution is -2.42. The molecule has 6 heterocycles. The van der Waals surface area contributed by atoms with Crippen LogP contribution in [0.1, 0.15) is 100.0 Å². The van der Waals surface area contributed by atoms with Crippen LogP contribution in [-0.4, -0.2) is 83.5 Å². The highest BCUT2D eigenvalue weighted by molar-refractivity contribution is 7.92. The molecule has 2 amide bonds. The summed E-state index contributed by atoms with van der Waals surface area (Å²) in [5.74, 6) is 0.408. The zero-order valence-electron chi connectivity index (χ0n) is 33.0. The van der Waals surface area contributed by atoms with Crippen LogP contribution in [0, 0.1) is 17.2 Å². The number of sulfonamides is 1. The van der Waals surface area contributed by atoms with Gasteiger partial charge in [-0.15, -0.1) is 11.3 Å². The summed E-state index contributed by atoms with van der Waals surface area (Å²) >= 11 is 1.52. The van der Waals surface area contributed by atoms with Crippen LogP contribution in [0.5, 0.6) is 0 Å². The summed E-state index contributed by atoms with van der Waals surface area (Å²) in [7, 11) is -3.70. The number of nitrogens with two attached hydrogens (primary N) is 1. The lowest BCUT2D eigenvalue weighted by Gasteiger charge is -2.46. The normalized spacial score (nSPS) is 21.7. The molecule has 1 aromatic carbocycles. The highest BCUT2D eigenvalue weighted by atomic mass is 32.2. The number of imide groups is 1. The van der Waals surface area contributed by atoms with Gasteiger partial charge in [0.1, 0.15) is 5.82 Å². The number of carbonyl (C=O) groups is 2. The number of nitrogens with one attached hydrogen (secondary N) is 2. The molecule has 4 N–H and O–H groups in total. The van der Waals surface area contributed by atoms with E-state index in [1.807, 2.05) is 12.1 Å². The summed E-state index contributed by atoms with van der Waals surface area (Å²) in [6, 6.07) is 10.5. The number of nitrogens with zero attached hydrogens (tertiary/aromatic N) is 6. The van der Waals surface area contributed by atoms with Gasteiger partial charge in [0.2, 0.25) is 27.8 Å². The van der Waals surface area contributed by atoms with Crippen molar-refractivity contribution in [2.24, 2.45) is 11.3 Å². The zero-order valence-corrected chi connectivity index (χ0v) is 34.6. The average molecular weight is 830 g/mol. The van der Waals surface area contributed by atoms with Crippen molar-refractivity contribution in [3.8, 4) is 21.8 Å². The van der Waals surface area contributed by atoms with E-state index in [0.29, 0.717) is 46.9 Å². The highest BCUT2D eigenvalue weighted by Crippen LogP contribution is 2.51. The number of hydrogen-bond acceptors (Lipinski definition) is 12. The molecule has 4 fully saturated rings. The zero-order chi connectivity index (χ0) is 40.4. The van der Waals surface area contributed by atoms with Gasteiger partial charge in [-0.25, -0.2) is 32.7 Å². The molecule has 1 saturated carbocycles. The number of piperidine rings is 2. The Balaban J connectivity index is 0.857. The molecule has 58 heavy (non-hydrogen) atoms. The summed E-state index contributed by atoms with van der Waals surface area (Å²) in [6.45, 7) is 7.07. The van der Waals surface area contributed by atoms with Crippen molar-refractivity contribution >= 4 is 50.6 Å². The third kappa shape index (κ3) is 8.88. The van der Waals surface area contributed by atoms with Crippen LogP contribution >= 0.6 is 11.3 Å². The maximum Gasteiger partial charge on any atom is 0.234 e. The Bertz CT molecular complexity index is 2230. The van der Waals surface area contributed by atoms with Crippen molar-refractivity contribution in [1.82, 2.24) is 30.2 Å². The smallest absolute Gasteiger partial charge is 0.234 e. The van der Waals surface area contributed by atoms with Crippen LogP contribution in [0.3, 0.4) is 0 Å². The molecule has 308 valence electrons. The number of aromatic nitrogens is 4. The number of amides is 2. The van der Waals surface area contributed by atoms with Crippen LogP contribution in [0.25, 0.3) is 21.8 Å². The number of thiazole rings is 1. The first kappa shape index (κ1) is 40.2. The molecule has 3 aromatic heterocycles. The second kappa shape index (κ2) is 17.0. The summed E-state index contributed by atoms with van der Waals surface area (Å²) in [4.78, 5) is 47.8. The quantitative estimate of drug-likeness (QED) is 0.129. The third-order valence-corrected chi connectivity index (χ3v) is 15.4. The van der Waals surface area contributed by atoms with Gasteiger partial charge in [-0.05, 0) is 125 Å². The fourth-order valence-corrected chi connectivity index (χ4v) is 11.7. The molecule has 13 nitrogen and oxygen atoms in total. The van der Waals surface area contributed by atoms with E-state index in [4.69, 9.17) is 15.7 Å². The van der Waals surface area contributed by atoms with E-state index >= 15 is 4.39 Å². The number of carbonyl (C=O) groups excluding carboxylic acids is 2. The maximum absolute atomic E-state index is 16.1. The topological polar surface area (TPSA) is 176 Å². The van der Waals surface area contributed by atoms with Gasteiger partial charge in [-0.3, -0.25) is 19.6 Å². The number of likely N-dealkylation sites (tertiary alicyclic amines) is 1. The Morgan fingerprint density at radius 3 is 2.53 bits per heavy atom. The monoisotopic (exact) mass is 829 g/mol. The molecule has 8 rings (SSSR count). The van der Waals surface area contributed by atoms with Gasteiger partial charge in [0.15, 0.2) is 5.82 Å². The fourth-order valence-electron chi connectivity index (χ4n) is 9.32. The predicted octanol–water partition coefficient (Wildman–Crippen LogP) is 6.71. The number of anilines is 3. The molecule has 3 aliphatic heterocycles. The van der Waals surface area contributed by atoms with E-state index in [1.54, 1.807) is 37.5 Å². The fraction of sp³-hybridized carbons (Fsp3) is 0.524. The largest absolute Gasteiger partial charge is 0.368 e. The molecule has 0 bridgehead atoms. The van der Waals surface area contributed by atoms with Crippen molar-refractivity contribution in [3.05, 3.63) is 65.2 Å². The summed E-state index contributed by atoms with van der Waals surface area (Å²) in [6.07, 6.45) is 13.7. The molecular weight excluding hydrogens is 778 g/mol. The summed E-state index contributed by atoms with van der Waals surface area (Å²) < 4.78 is 43.6. The minimum atomic E-state index is -3.70. The molecule has 0 radical (unpaired) electrons. The lowest BCUT2D eigenvalue weighted by molar-refractivity contribution is -0.134. The van der Waals surface area contributed by atoms with Gasteiger partial charge in [0.05, 0.1) is 38.6 Å². The molecule has 4 aliphatic rings. The van der Waals surface area contributed by atoms with Crippen LogP contribution in [0.2, 0.25) is 0 Å². The van der Waals surface area contributed by atoms with E-state index in [-0.39, 0.29) is 46.6 Å². The predicted molar refractivity (Wildman–Crippen MR) is 224 cm³/mol.